The van der Waals surface area contributed by atoms with Gasteiger partial charge in [0.15, 0.2) is 0 Å². The van der Waals surface area contributed by atoms with Crippen LogP contribution in [0.1, 0.15) is 6.92 Å². The van der Waals surface area contributed by atoms with E-state index in [2.05, 4.69) is 5.32 Å². The molecule has 1 rings (SSSR count). The molecule has 0 unspecified atom stereocenters. The quantitative estimate of drug-likeness (QED) is 0.780. The van der Waals surface area contributed by atoms with Gasteiger partial charge in [0, 0.05) is 11.8 Å². The molecule has 0 aliphatic heterocycles. The highest BCUT2D eigenvalue weighted by molar-refractivity contribution is 7.98. The second kappa shape index (κ2) is 4.91. The van der Waals surface area contributed by atoms with Crippen LogP contribution in [-0.4, -0.2) is 19.3 Å². The van der Waals surface area contributed by atoms with Gasteiger partial charge >= 0.3 is 0 Å². The maximum absolute atomic E-state index is 10.9. The van der Waals surface area contributed by atoms with Crippen LogP contribution in [0.5, 0.6) is 5.75 Å². The van der Waals surface area contributed by atoms with Crippen LogP contribution in [0.3, 0.4) is 0 Å². The van der Waals surface area contributed by atoms with Crippen LogP contribution in [0, 0.1) is 0 Å². The predicted octanol–water partition coefficient (Wildman–Crippen LogP) is 2.38. The molecule has 14 heavy (non-hydrogen) atoms. The van der Waals surface area contributed by atoms with Crippen molar-refractivity contribution in [2.24, 2.45) is 0 Å². The number of thioether (sulfide) groups is 1. The Morgan fingerprint density at radius 3 is 2.71 bits per heavy atom. The van der Waals surface area contributed by atoms with Crippen LogP contribution < -0.4 is 10.1 Å². The normalized spacial score (nSPS) is 9.64. The number of nitrogens with one attached hydrogen (secondary N) is 1. The smallest absolute Gasteiger partial charge is 0.221 e. The monoisotopic (exact) mass is 211 g/mol. The molecule has 0 fully saturated rings. The fraction of sp³-hybridized carbons (Fsp3) is 0.300. The second-order valence-electron chi connectivity index (χ2n) is 2.75. The first-order valence-electron chi connectivity index (χ1n) is 4.17. The molecular weight excluding hydrogens is 198 g/mol. The number of carbonyl (C=O) groups excluding carboxylic acids is 1. The summed E-state index contributed by atoms with van der Waals surface area (Å²) in [6, 6.07) is 5.68. The van der Waals surface area contributed by atoms with Gasteiger partial charge in [0.05, 0.1) is 12.8 Å². The Morgan fingerprint density at radius 1 is 1.50 bits per heavy atom. The third-order valence-corrected chi connectivity index (χ3v) is 2.44. The third-order valence-electron chi connectivity index (χ3n) is 1.72. The highest BCUT2D eigenvalue weighted by Crippen LogP contribution is 2.29. The molecule has 0 atom stereocenters. The number of methoxy groups -OCH3 is 1. The van der Waals surface area contributed by atoms with Gasteiger partial charge in [-0.05, 0) is 24.5 Å². The van der Waals surface area contributed by atoms with Gasteiger partial charge in [-0.25, -0.2) is 0 Å². The maximum Gasteiger partial charge on any atom is 0.221 e. The zero-order valence-electron chi connectivity index (χ0n) is 8.46. The number of carbonyl (C=O) groups is 1. The van der Waals surface area contributed by atoms with E-state index in [9.17, 15) is 4.79 Å². The molecule has 1 N–H and O–H groups in total. The van der Waals surface area contributed by atoms with Crippen LogP contribution in [0.4, 0.5) is 5.69 Å². The number of amides is 1. The van der Waals surface area contributed by atoms with Gasteiger partial charge in [-0.1, -0.05) is 0 Å². The van der Waals surface area contributed by atoms with Crippen molar-refractivity contribution < 1.29 is 9.53 Å². The minimum atomic E-state index is -0.0970. The van der Waals surface area contributed by atoms with Crippen molar-refractivity contribution in [3.8, 4) is 5.75 Å². The van der Waals surface area contributed by atoms with Crippen LogP contribution in [0.15, 0.2) is 23.1 Å². The fourth-order valence-electron chi connectivity index (χ4n) is 1.09. The number of anilines is 1. The van der Waals surface area contributed by atoms with E-state index in [4.69, 9.17) is 4.74 Å². The summed E-state index contributed by atoms with van der Waals surface area (Å²) in [5.41, 5.74) is 0.706. The van der Waals surface area contributed by atoms with Gasteiger partial charge in [0.25, 0.3) is 0 Å². The van der Waals surface area contributed by atoms with Gasteiger partial charge in [-0.3, -0.25) is 4.79 Å². The largest absolute Gasteiger partial charge is 0.495 e. The summed E-state index contributed by atoms with van der Waals surface area (Å²) in [4.78, 5) is 12.0. The number of rotatable bonds is 3. The first-order chi connectivity index (χ1) is 6.67. The lowest BCUT2D eigenvalue weighted by Crippen LogP contribution is -2.06. The molecule has 0 spiro atoms. The van der Waals surface area contributed by atoms with E-state index in [0.29, 0.717) is 11.4 Å². The Labute approximate surface area is 87.8 Å². The lowest BCUT2D eigenvalue weighted by atomic mass is 10.3. The molecule has 0 saturated carbocycles. The van der Waals surface area contributed by atoms with Crippen molar-refractivity contribution in [2.45, 2.75) is 11.8 Å². The average molecular weight is 211 g/mol. The lowest BCUT2D eigenvalue weighted by Gasteiger charge is -2.09. The summed E-state index contributed by atoms with van der Waals surface area (Å²) in [7, 11) is 1.59. The zero-order valence-corrected chi connectivity index (χ0v) is 9.27. The highest BCUT2D eigenvalue weighted by atomic mass is 32.2. The molecule has 0 aliphatic carbocycles. The summed E-state index contributed by atoms with van der Waals surface area (Å²) in [6.07, 6.45) is 1.99. The summed E-state index contributed by atoms with van der Waals surface area (Å²) >= 11 is 1.63. The van der Waals surface area contributed by atoms with E-state index in [1.54, 1.807) is 18.9 Å². The first-order valence-corrected chi connectivity index (χ1v) is 5.39. The van der Waals surface area contributed by atoms with E-state index < -0.39 is 0 Å². The van der Waals surface area contributed by atoms with Gasteiger partial charge in [-0.2, -0.15) is 0 Å². The maximum atomic E-state index is 10.9. The topological polar surface area (TPSA) is 38.3 Å². The Balaban J connectivity index is 2.98. The van der Waals surface area contributed by atoms with E-state index in [0.717, 1.165) is 4.90 Å². The molecule has 1 aromatic carbocycles. The minimum absolute atomic E-state index is 0.0970. The Bertz CT molecular complexity index is 339. The molecule has 0 aromatic heterocycles. The molecule has 0 aliphatic rings. The van der Waals surface area contributed by atoms with Crippen LogP contribution in [0.25, 0.3) is 0 Å². The van der Waals surface area contributed by atoms with E-state index in [-0.39, 0.29) is 5.91 Å². The standard InChI is InChI=1S/C10H13NO2S/c1-7(12)11-9-5-4-8(14-3)6-10(9)13-2/h4-6H,1-3H3,(H,11,12). The Kier molecular flexibility index (Phi) is 3.83. The fourth-order valence-corrected chi connectivity index (χ4v) is 1.52. The third kappa shape index (κ3) is 2.67. The Hall–Kier alpha value is -1.16. The molecule has 3 nitrogen and oxygen atoms in total. The number of hydrogen-bond acceptors (Lipinski definition) is 3. The lowest BCUT2D eigenvalue weighted by molar-refractivity contribution is -0.114. The summed E-state index contributed by atoms with van der Waals surface area (Å²) in [5, 5.41) is 2.70. The van der Waals surface area contributed by atoms with Crippen molar-refractivity contribution in [1.82, 2.24) is 0 Å². The van der Waals surface area contributed by atoms with Gasteiger partial charge in [-0.15, -0.1) is 11.8 Å². The van der Waals surface area contributed by atoms with Crippen LogP contribution in [0.2, 0.25) is 0 Å². The molecular formula is C10H13NO2S. The number of benzene rings is 1. The van der Waals surface area contributed by atoms with E-state index in [1.165, 1.54) is 6.92 Å². The van der Waals surface area contributed by atoms with Crippen molar-refractivity contribution in [1.29, 1.82) is 0 Å². The summed E-state index contributed by atoms with van der Waals surface area (Å²) in [6.45, 7) is 1.47. The van der Waals surface area contributed by atoms with Crippen molar-refractivity contribution in [2.75, 3.05) is 18.7 Å². The molecule has 1 aromatic rings. The second-order valence-corrected chi connectivity index (χ2v) is 3.63. The van der Waals surface area contributed by atoms with Crippen molar-refractivity contribution in [3.63, 3.8) is 0 Å². The van der Waals surface area contributed by atoms with E-state index in [1.807, 2.05) is 24.5 Å². The highest BCUT2D eigenvalue weighted by Gasteiger charge is 2.04. The zero-order chi connectivity index (χ0) is 10.6. The van der Waals surface area contributed by atoms with Crippen molar-refractivity contribution in [3.05, 3.63) is 18.2 Å². The van der Waals surface area contributed by atoms with Crippen LogP contribution in [-0.2, 0) is 4.79 Å². The Morgan fingerprint density at radius 2 is 2.21 bits per heavy atom. The van der Waals surface area contributed by atoms with Gasteiger partial charge in [0.2, 0.25) is 5.91 Å². The molecule has 76 valence electrons. The molecule has 0 radical (unpaired) electrons. The summed E-state index contributed by atoms with van der Waals surface area (Å²) in [5.74, 6) is 0.590. The molecule has 0 saturated heterocycles. The van der Waals surface area contributed by atoms with Gasteiger partial charge < -0.3 is 10.1 Å². The average Bonchev–Trinajstić information content (AvgIpc) is 2.17. The number of ether oxygens (including phenoxy) is 1. The summed E-state index contributed by atoms with van der Waals surface area (Å²) < 4.78 is 5.16. The van der Waals surface area contributed by atoms with E-state index >= 15 is 0 Å². The van der Waals surface area contributed by atoms with Gasteiger partial charge in [0.1, 0.15) is 5.75 Å². The van der Waals surface area contributed by atoms with Crippen molar-refractivity contribution >= 4 is 23.4 Å². The minimum Gasteiger partial charge on any atom is -0.495 e. The predicted molar refractivity (Wildman–Crippen MR) is 59.1 cm³/mol. The molecule has 1 amide bonds. The van der Waals surface area contributed by atoms with Crippen LogP contribution >= 0.6 is 11.8 Å². The number of hydrogen-bond donors (Lipinski definition) is 1. The SMILES string of the molecule is COc1cc(SC)ccc1NC(C)=O. The molecule has 0 bridgehead atoms. The molecule has 4 heteroatoms. The first kappa shape index (κ1) is 10.9. The molecule has 0 heterocycles.